The number of esters is 1. The Labute approximate surface area is 146 Å². The van der Waals surface area contributed by atoms with Gasteiger partial charge in [-0.15, -0.1) is 0 Å². The van der Waals surface area contributed by atoms with Crippen molar-refractivity contribution < 1.29 is 14.3 Å². The summed E-state index contributed by atoms with van der Waals surface area (Å²) in [7, 11) is 1.31. The van der Waals surface area contributed by atoms with Crippen LogP contribution in [0.25, 0.3) is 11.1 Å². The van der Waals surface area contributed by atoms with E-state index in [-0.39, 0.29) is 5.91 Å². The smallest absolute Gasteiger partial charge is 0.337 e. The van der Waals surface area contributed by atoms with E-state index >= 15 is 0 Å². The summed E-state index contributed by atoms with van der Waals surface area (Å²) >= 11 is 0. The molecule has 124 valence electrons. The van der Waals surface area contributed by atoms with E-state index in [1.54, 1.807) is 18.2 Å². The van der Waals surface area contributed by atoms with Gasteiger partial charge in [0.25, 0.3) is 5.91 Å². The van der Waals surface area contributed by atoms with Crippen LogP contribution in [0.3, 0.4) is 0 Å². The lowest BCUT2D eigenvalue weighted by atomic mass is 10.1. The molecule has 0 aliphatic heterocycles. The third kappa shape index (κ3) is 3.93. The zero-order valence-electron chi connectivity index (χ0n) is 13.7. The topological polar surface area (TPSA) is 55.4 Å². The molecule has 3 rings (SSSR count). The van der Waals surface area contributed by atoms with Crippen LogP contribution in [0.4, 0.5) is 5.69 Å². The molecule has 0 saturated heterocycles. The molecule has 4 nitrogen and oxygen atoms in total. The molecule has 0 unspecified atom stereocenters. The van der Waals surface area contributed by atoms with E-state index in [2.05, 4.69) is 10.1 Å². The number of hydrogen-bond acceptors (Lipinski definition) is 3. The number of carbonyl (C=O) groups is 2. The second kappa shape index (κ2) is 7.45. The van der Waals surface area contributed by atoms with Crippen molar-refractivity contribution >= 4 is 17.6 Å². The van der Waals surface area contributed by atoms with E-state index in [0.29, 0.717) is 16.8 Å². The quantitative estimate of drug-likeness (QED) is 0.721. The lowest BCUT2D eigenvalue weighted by molar-refractivity contribution is 0.0600. The molecule has 0 radical (unpaired) electrons. The van der Waals surface area contributed by atoms with Crippen molar-refractivity contribution in [2.24, 2.45) is 0 Å². The van der Waals surface area contributed by atoms with Gasteiger partial charge in [-0.3, -0.25) is 4.79 Å². The number of methoxy groups -OCH3 is 1. The minimum atomic E-state index is -0.470. The number of hydrogen-bond donors (Lipinski definition) is 1. The molecular weight excluding hydrogens is 314 g/mol. The number of carbonyl (C=O) groups excluding carboxylic acids is 2. The minimum Gasteiger partial charge on any atom is -0.465 e. The number of anilines is 1. The third-order valence-electron chi connectivity index (χ3n) is 3.80. The summed E-state index contributed by atoms with van der Waals surface area (Å²) in [5.74, 6) is -0.750. The fourth-order valence-corrected chi connectivity index (χ4v) is 2.49. The van der Waals surface area contributed by atoms with Crippen molar-refractivity contribution in [3.63, 3.8) is 0 Å². The van der Waals surface area contributed by atoms with Gasteiger partial charge in [0, 0.05) is 11.3 Å². The van der Waals surface area contributed by atoms with Crippen molar-refractivity contribution in [1.29, 1.82) is 0 Å². The summed E-state index contributed by atoms with van der Waals surface area (Å²) < 4.78 is 4.67. The maximum Gasteiger partial charge on any atom is 0.337 e. The monoisotopic (exact) mass is 331 g/mol. The standard InChI is InChI=1S/C21H17NO3/c1-25-21(24)18-9-5-8-17(14-18)20(23)22-19-12-10-16(11-13-19)15-6-3-2-4-7-15/h2-14H,1H3,(H,22,23). The van der Waals surface area contributed by atoms with Gasteiger partial charge in [-0.1, -0.05) is 48.5 Å². The van der Waals surface area contributed by atoms with Crippen LogP contribution < -0.4 is 5.32 Å². The Balaban J connectivity index is 1.74. The summed E-state index contributed by atoms with van der Waals surface area (Å²) in [4.78, 5) is 23.9. The summed E-state index contributed by atoms with van der Waals surface area (Å²) in [6.45, 7) is 0. The van der Waals surface area contributed by atoms with Gasteiger partial charge in [0.1, 0.15) is 0 Å². The van der Waals surface area contributed by atoms with Crippen LogP contribution in [-0.4, -0.2) is 19.0 Å². The third-order valence-corrected chi connectivity index (χ3v) is 3.80. The summed E-state index contributed by atoms with van der Waals surface area (Å²) in [5, 5.41) is 2.83. The van der Waals surface area contributed by atoms with Gasteiger partial charge in [0.15, 0.2) is 0 Å². The fourth-order valence-electron chi connectivity index (χ4n) is 2.49. The number of nitrogens with one attached hydrogen (secondary N) is 1. The molecule has 1 amide bonds. The second-order valence-electron chi connectivity index (χ2n) is 5.47. The van der Waals surface area contributed by atoms with E-state index < -0.39 is 5.97 Å². The van der Waals surface area contributed by atoms with Crippen LogP contribution in [0.1, 0.15) is 20.7 Å². The highest BCUT2D eigenvalue weighted by atomic mass is 16.5. The molecule has 1 N–H and O–H groups in total. The Morgan fingerprint density at radius 3 is 2.08 bits per heavy atom. The average molecular weight is 331 g/mol. The number of benzene rings is 3. The highest BCUT2D eigenvalue weighted by molar-refractivity contribution is 6.05. The second-order valence-corrected chi connectivity index (χ2v) is 5.47. The zero-order chi connectivity index (χ0) is 17.6. The average Bonchev–Trinajstić information content (AvgIpc) is 2.68. The highest BCUT2D eigenvalue weighted by Crippen LogP contribution is 2.21. The Morgan fingerprint density at radius 1 is 0.760 bits per heavy atom. The molecule has 25 heavy (non-hydrogen) atoms. The molecule has 0 spiro atoms. The molecule has 4 heteroatoms. The van der Waals surface area contributed by atoms with Gasteiger partial charge in [0.05, 0.1) is 12.7 Å². The molecule has 0 heterocycles. The molecule has 0 saturated carbocycles. The molecule has 0 aromatic heterocycles. The molecule has 0 atom stereocenters. The van der Waals surface area contributed by atoms with E-state index in [9.17, 15) is 9.59 Å². The van der Waals surface area contributed by atoms with Gasteiger partial charge in [-0.25, -0.2) is 4.79 Å². The van der Waals surface area contributed by atoms with Crippen LogP contribution >= 0.6 is 0 Å². The van der Waals surface area contributed by atoms with Gasteiger partial charge in [-0.05, 0) is 41.5 Å². The molecule has 0 bridgehead atoms. The van der Waals surface area contributed by atoms with Crippen molar-refractivity contribution in [1.82, 2.24) is 0 Å². The number of rotatable bonds is 4. The lowest BCUT2D eigenvalue weighted by Crippen LogP contribution is -2.13. The lowest BCUT2D eigenvalue weighted by Gasteiger charge is -2.08. The molecule has 3 aromatic rings. The maximum absolute atomic E-state index is 12.4. The minimum absolute atomic E-state index is 0.279. The number of amides is 1. The number of ether oxygens (including phenoxy) is 1. The van der Waals surface area contributed by atoms with Crippen LogP contribution in [0, 0.1) is 0 Å². The maximum atomic E-state index is 12.4. The zero-order valence-corrected chi connectivity index (χ0v) is 13.7. The summed E-state index contributed by atoms with van der Waals surface area (Å²) in [6.07, 6.45) is 0. The molecule has 0 aliphatic rings. The van der Waals surface area contributed by atoms with Gasteiger partial charge >= 0.3 is 5.97 Å². The molecule has 3 aromatic carbocycles. The Bertz CT molecular complexity index is 887. The van der Waals surface area contributed by atoms with E-state index in [1.165, 1.54) is 13.2 Å². The first-order chi connectivity index (χ1) is 12.2. The largest absolute Gasteiger partial charge is 0.465 e. The normalized spacial score (nSPS) is 10.1. The Kier molecular flexibility index (Phi) is 4.90. The first-order valence-electron chi connectivity index (χ1n) is 7.82. The predicted octanol–water partition coefficient (Wildman–Crippen LogP) is 4.39. The summed E-state index contributed by atoms with van der Waals surface area (Å²) in [5.41, 5.74) is 3.62. The van der Waals surface area contributed by atoms with Crippen LogP contribution in [0.2, 0.25) is 0 Å². The first-order valence-corrected chi connectivity index (χ1v) is 7.82. The molecule has 0 fully saturated rings. The van der Waals surface area contributed by atoms with Crippen molar-refractivity contribution in [2.45, 2.75) is 0 Å². The SMILES string of the molecule is COC(=O)c1cccc(C(=O)Nc2ccc(-c3ccccc3)cc2)c1. The predicted molar refractivity (Wildman–Crippen MR) is 97.6 cm³/mol. The Morgan fingerprint density at radius 2 is 1.40 bits per heavy atom. The van der Waals surface area contributed by atoms with Crippen LogP contribution in [-0.2, 0) is 4.74 Å². The van der Waals surface area contributed by atoms with Gasteiger partial charge in [-0.2, -0.15) is 0 Å². The van der Waals surface area contributed by atoms with Crippen LogP contribution in [0.15, 0.2) is 78.9 Å². The van der Waals surface area contributed by atoms with Crippen molar-refractivity contribution in [3.8, 4) is 11.1 Å². The van der Waals surface area contributed by atoms with Crippen molar-refractivity contribution in [3.05, 3.63) is 90.0 Å². The van der Waals surface area contributed by atoms with Crippen LogP contribution in [0.5, 0.6) is 0 Å². The van der Waals surface area contributed by atoms with E-state index in [0.717, 1.165) is 11.1 Å². The molecule has 0 aliphatic carbocycles. The highest BCUT2D eigenvalue weighted by Gasteiger charge is 2.11. The first kappa shape index (κ1) is 16.5. The van der Waals surface area contributed by atoms with Gasteiger partial charge < -0.3 is 10.1 Å². The summed E-state index contributed by atoms with van der Waals surface area (Å²) in [6, 6.07) is 24.0. The van der Waals surface area contributed by atoms with Gasteiger partial charge in [0.2, 0.25) is 0 Å². The van der Waals surface area contributed by atoms with E-state index in [1.807, 2.05) is 54.6 Å². The molecular formula is C21H17NO3. The van der Waals surface area contributed by atoms with E-state index in [4.69, 9.17) is 0 Å². The fraction of sp³-hybridized carbons (Fsp3) is 0.0476. The Hall–Kier alpha value is -3.40. The van der Waals surface area contributed by atoms with Crippen molar-refractivity contribution in [2.75, 3.05) is 12.4 Å².